The van der Waals surface area contributed by atoms with Gasteiger partial charge in [-0.25, -0.2) is 0 Å². The summed E-state index contributed by atoms with van der Waals surface area (Å²) in [4.78, 5) is 18.9. The van der Waals surface area contributed by atoms with Gasteiger partial charge in [0.1, 0.15) is 11.8 Å². The lowest BCUT2D eigenvalue weighted by molar-refractivity contribution is -0.139. The number of ether oxygens (including phenoxy) is 1. The molecule has 32 heavy (non-hydrogen) atoms. The van der Waals surface area contributed by atoms with Crippen molar-refractivity contribution < 1.29 is 22.7 Å². The number of alkyl halides is 3. The molecule has 0 spiro atoms. The Morgan fingerprint density at radius 2 is 1.81 bits per heavy atom. The van der Waals surface area contributed by atoms with Crippen molar-refractivity contribution in [2.45, 2.75) is 58.6 Å². The van der Waals surface area contributed by atoms with Crippen molar-refractivity contribution in [3.63, 3.8) is 0 Å². The predicted octanol–water partition coefficient (Wildman–Crippen LogP) is 5.98. The molecule has 4 nitrogen and oxygen atoms in total. The number of rotatable bonds is 8. The third-order valence-electron chi connectivity index (χ3n) is 5.04. The minimum atomic E-state index is -4.55. The average molecular weight is 444 g/mol. The molecule has 2 unspecified atom stereocenters. The van der Waals surface area contributed by atoms with E-state index in [1.807, 2.05) is 58.0 Å². The number of hydrogen-bond acceptors (Lipinski definition) is 3. The third-order valence-corrected chi connectivity index (χ3v) is 5.04. The largest absolute Gasteiger partial charge is 0.476 e. The van der Waals surface area contributed by atoms with Crippen LogP contribution in [0.4, 0.5) is 13.2 Å². The molecule has 0 saturated carbocycles. The lowest BCUT2D eigenvalue weighted by Gasteiger charge is -2.30. The summed E-state index contributed by atoms with van der Waals surface area (Å²) in [6, 6.07) is 12.6. The van der Waals surface area contributed by atoms with Gasteiger partial charge in [0.05, 0.1) is 5.56 Å². The first kappa shape index (κ1) is 23.6. The molecule has 0 aliphatic carbocycles. The van der Waals surface area contributed by atoms with Crippen molar-refractivity contribution in [1.29, 1.82) is 0 Å². The fourth-order valence-corrected chi connectivity index (χ4v) is 3.38. The Labute approximate surface area is 186 Å². The van der Waals surface area contributed by atoms with Crippen LogP contribution < -0.4 is 4.74 Å². The molecule has 170 valence electrons. The summed E-state index contributed by atoms with van der Waals surface area (Å²) < 4.78 is 46.6. The molecule has 2 aromatic rings. The SMILES string of the molecule is CC(C)=CC(Oc1ccc(C2C=N2)c(C(F)(F)F)c1)C(=O)N(Cc1ccccc1)C(C)C. The van der Waals surface area contributed by atoms with Gasteiger partial charge in [-0.1, -0.05) is 42.0 Å². The van der Waals surface area contributed by atoms with Gasteiger partial charge in [-0.3, -0.25) is 9.79 Å². The highest BCUT2D eigenvalue weighted by Crippen LogP contribution is 2.40. The lowest BCUT2D eigenvalue weighted by atomic mass is 10.0. The summed E-state index contributed by atoms with van der Waals surface area (Å²) in [6.07, 6.45) is -2.50. The van der Waals surface area contributed by atoms with Crippen LogP contribution in [-0.2, 0) is 17.5 Å². The molecule has 1 heterocycles. The Morgan fingerprint density at radius 3 is 2.34 bits per heavy atom. The van der Waals surface area contributed by atoms with Crippen molar-refractivity contribution >= 4 is 12.1 Å². The van der Waals surface area contributed by atoms with Gasteiger partial charge in [-0.15, -0.1) is 0 Å². The van der Waals surface area contributed by atoms with Gasteiger partial charge in [-0.05, 0) is 57.0 Å². The molecule has 0 bridgehead atoms. The maximum absolute atomic E-state index is 13.6. The van der Waals surface area contributed by atoms with E-state index in [0.29, 0.717) is 6.54 Å². The van der Waals surface area contributed by atoms with Crippen molar-refractivity contribution in [2.75, 3.05) is 0 Å². The summed E-state index contributed by atoms with van der Waals surface area (Å²) in [6.45, 7) is 7.79. The Kier molecular flexibility index (Phi) is 7.06. The van der Waals surface area contributed by atoms with Gasteiger partial charge >= 0.3 is 6.18 Å². The Balaban J connectivity index is 1.89. The van der Waals surface area contributed by atoms with Crippen LogP contribution in [0.15, 0.2) is 65.2 Å². The maximum atomic E-state index is 13.6. The minimum Gasteiger partial charge on any atom is -0.476 e. The highest BCUT2D eigenvalue weighted by molar-refractivity contribution is 5.84. The molecule has 1 aliphatic rings. The fraction of sp³-hybridized carbons (Fsp3) is 0.360. The van der Waals surface area contributed by atoms with Crippen LogP contribution in [0, 0.1) is 0 Å². The third kappa shape index (κ3) is 5.99. The standard InChI is InChI=1S/C25H27F3N2O2/c1-16(2)12-23(24(31)30(17(3)4)15-18-8-6-5-7-9-18)32-19-10-11-20(22-14-29-22)21(13-19)25(26,27)28/h5-14,17,22-23H,15H2,1-4H3. The first-order valence-corrected chi connectivity index (χ1v) is 10.5. The van der Waals surface area contributed by atoms with Gasteiger partial charge < -0.3 is 9.64 Å². The van der Waals surface area contributed by atoms with E-state index in [-0.39, 0.29) is 23.3 Å². The Hall–Kier alpha value is -3.09. The summed E-state index contributed by atoms with van der Waals surface area (Å²) in [7, 11) is 0. The predicted molar refractivity (Wildman–Crippen MR) is 119 cm³/mol. The lowest BCUT2D eigenvalue weighted by Crippen LogP contribution is -2.44. The van der Waals surface area contributed by atoms with Gasteiger partial charge in [0.15, 0.2) is 6.10 Å². The zero-order valence-electron chi connectivity index (χ0n) is 18.6. The van der Waals surface area contributed by atoms with Crippen LogP contribution >= 0.6 is 0 Å². The minimum absolute atomic E-state index is 0.0130. The number of aliphatic imine (C=N–C) groups is 1. The first-order valence-electron chi connectivity index (χ1n) is 10.5. The van der Waals surface area contributed by atoms with Crippen molar-refractivity contribution in [2.24, 2.45) is 4.99 Å². The van der Waals surface area contributed by atoms with E-state index >= 15 is 0 Å². The van der Waals surface area contributed by atoms with Crippen LogP contribution in [0.3, 0.4) is 0 Å². The molecular formula is C25H27F3N2O2. The van der Waals surface area contributed by atoms with E-state index < -0.39 is 23.9 Å². The fourth-order valence-electron chi connectivity index (χ4n) is 3.38. The molecule has 7 heteroatoms. The summed E-state index contributed by atoms with van der Waals surface area (Å²) >= 11 is 0. The molecule has 0 saturated heterocycles. The number of carbonyl (C=O) groups excluding carboxylic acids is 1. The normalized spacial score (nSPS) is 15.9. The second kappa shape index (κ2) is 9.59. The van der Waals surface area contributed by atoms with Crippen LogP contribution in [0.2, 0.25) is 0 Å². The van der Waals surface area contributed by atoms with E-state index in [2.05, 4.69) is 4.99 Å². The van der Waals surface area contributed by atoms with Gasteiger partial charge in [-0.2, -0.15) is 13.2 Å². The molecule has 0 N–H and O–H groups in total. The topological polar surface area (TPSA) is 41.9 Å². The quantitative estimate of drug-likeness (QED) is 0.470. The molecule has 1 aliphatic heterocycles. The number of hydrogen-bond donors (Lipinski definition) is 0. The highest BCUT2D eigenvalue weighted by Gasteiger charge is 2.37. The molecular weight excluding hydrogens is 417 g/mol. The van der Waals surface area contributed by atoms with E-state index in [4.69, 9.17) is 4.74 Å². The average Bonchev–Trinajstić information content (AvgIpc) is 3.56. The molecule has 0 fully saturated rings. The van der Waals surface area contributed by atoms with Crippen LogP contribution in [-0.4, -0.2) is 29.2 Å². The van der Waals surface area contributed by atoms with E-state index in [1.165, 1.54) is 18.3 Å². The molecule has 2 atom stereocenters. The summed E-state index contributed by atoms with van der Waals surface area (Å²) in [5, 5.41) is 0. The Bertz CT molecular complexity index is 1000. The molecule has 1 amide bonds. The van der Waals surface area contributed by atoms with Crippen molar-refractivity contribution in [3.8, 4) is 5.75 Å². The van der Waals surface area contributed by atoms with Crippen LogP contribution in [0.25, 0.3) is 0 Å². The van der Waals surface area contributed by atoms with Gasteiger partial charge in [0.2, 0.25) is 0 Å². The van der Waals surface area contributed by atoms with Crippen LogP contribution in [0.1, 0.15) is 50.4 Å². The number of carbonyl (C=O) groups is 1. The van der Waals surface area contributed by atoms with Gasteiger partial charge in [0, 0.05) is 18.8 Å². The molecule has 3 rings (SSSR count). The van der Waals surface area contributed by atoms with Crippen molar-refractivity contribution in [3.05, 3.63) is 76.9 Å². The van der Waals surface area contributed by atoms with Crippen molar-refractivity contribution in [1.82, 2.24) is 4.90 Å². The number of halogens is 3. The zero-order valence-corrected chi connectivity index (χ0v) is 18.6. The molecule has 0 radical (unpaired) electrons. The number of benzene rings is 2. The highest BCUT2D eigenvalue weighted by atomic mass is 19.4. The van der Waals surface area contributed by atoms with E-state index in [9.17, 15) is 18.0 Å². The smallest absolute Gasteiger partial charge is 0.416 e. The second-order valence-corrected chi connectivity index (χ2v) is 8.32. The number of allylic oxidation sites excluding steroid dienone is 1. The van der Waals surface area contributed by atoms with Crippen LogP contribution in [0.5, 0.6) is 5.75 Å². The summed E-state index contributed by atoms with van der Waals surface area (Å²) in [5.74, 6) is -0.325. The number of amides is 1. The number of nitrogens with zero attached hydrogens (tertiary/aromatic N) is 2. The molecule has 2 aromatic carbocycles. The zero-order chi connectivity index (χ0) is 23.5. The first-order chi connectivity index (χ1) is 15.1. The van der Waals surface area contributed by atoms with E-state index in [0.717, 1.165) is 17.2 Å². The monoisotopic (exact) mass is 444 g/mol. The summed E-state index contributed by atoms with van der Waals surface area (Å²) in [5.41, 5.74) is 1.07. The second-order valence-electron chi connectivity index (χ2n) is 8.32. The maximum Gasteiger partial charge on any atom is 0.416 e. The molecule has 0 aromatic heterocycles. The van der Waals surface area contributed by atoms with Gasteiger partial charge in [0.25, 0.3) is 5.91 Å². The Morgan fingerprint density at radius 1 is 1.16 bits per heavy atom. The van der Waals surface area contributed by atoms with E-state index in [1.54, 1.807) is 11.0 Å².